The molecule has 2 N–H and O–H groups in total. The molecule has 0 aliphatic rings. The van der Waals surface area contributed by atoms with Crippen LogP contribution in [-0.4, -0.2) is 0 Å². The number of hydrogen-bond donors (Lipinski definition) is 1. The molecule has 0 aliphatic carbocycles. The highest BCUT2D eigenvalue weighted by Crippen LogP contribution is 2.30. The van der Waals surface area contributed by atoms with E-state index in [1.165, 1.54) is 25.7 Å². The third kappa shape index (κ3) is 4.79. The van der Waals surface area contributed by atoms with Gasteiger partial charge in [0.25, 0.3) is 0 Å². The Morgan fingerprint density at radius 3 is 2.56 bits per heavy atom. The van der Waals surface area contributed by atoms with E-state index >= 15 is 0 Å². The van der Waals surface area contributed by atoms with Crippen molar-refractivity contribution in [2.24, 2.45) is 11.7 Å². The molecule has 2 atom stereocenters. The summed E-state index contributed by atoms with van der Waals surface area (Å²) in [4.78, 5) is 0. The van der Waals surface area contributed by atoms with Crippen molar-refractivity contribution in [3.05, 3.63) is 33.8 Å². The van der Waals surface area contributed by atoms with E-state index in [-0.39, 0.29) is 6.04 Å². The van der Waals surface area contributed by atoms with Crippen LogP contribution in [0.15, 0.2) is 18.2 Å². The van der Waals surface area contributed by atoms with E-state index in [1.807, 2.05) is 12.1 Å². The van der Waals surface area contributed by atoms with Gasteiger partial charge in [-0.2, -0.15) is 0 Å². The number of halogens is 2. The van der Waals surface area contributed by atoms with Crippen LogP contribution in [0.3, 0.4) is 0 Å². The van der Waals surface area contributed by atoms with Crippen LogP contribution in [0.1, 0.15) is 57.6 Å². The van der Waals surface area contributed by atoms with Crippen molar-refractivity contribution in [3.8, 4) is 0 Å². The summed E-state index contributed by atoms with van der Waals surface area (Å²) >= 11 is 12.2. The molecule has 0 fully saturated rings. The normalized spacial score (nSPS) is 14.5. The zero-order valence-corrected chi connectivity index (χ0v) is 12.8. The molecule has 1 aromatic rings. The van der Waals surface area contributed by atoms with Crippen molar-refractivity contribution in [2.75, 3.05) is 0 Å². The van der Waals surface area contributed by atoms with E-state index in [0.717, 1.165) is 17.0 Å². The number of nitrogens with two attached hydrogens (primary N) is 1. The molecule has 2 unspecified atom stereocenters. The average Bonchev–Trinajstić information content (AvgIpc) is 2.37. The predicted molar refractivity (Wildman–Crippen MR) is 81.3 cm³/mol. The number of benzene rings is 1. The summed E-state index contributed by atoms with van der Waals surface area (Å²) in [5.74, 6) is 0.676. The quantitative estimate of drug-likeness (QED) is 0.694. The lowest BCUT2D eigenvalue weighted by atomic mass is 9.89. The van der Waals surface area contributed by atoms with E-state index in [9.17, 15) is 0 Å². The van der Waals surface area contributed by atoms with Gasteiger partial charge >= 0.3 is 0 Å². The van der Waals surface area contributed by atoms with Crippen LogP contribution in [-0.2, 0) is 0 Å². The van der Waals surface area contributed by atoms with Crippen LogP contribution in [0.25, 0.3) is 0 Å². The van der Waals surface area contributed by atoms with Crippen molar-refractivity contribution < 1.29 is 0 Å². The first-order valence-electron chi connectivity index (χ1n) is 6.79. The van der Waals surface area contributed by atoms with Crippen LogP contribution in [0, 0.1) is 5.92 Å². The zero-order chi connectivity index (χ0) is 13.5. The van der Waals surface area contributed by atoms with Gasteiger partial charge in [0, 0.05) is 16.1 Å². The molecule has 1 aromatic carbocycles. The Morgan fingerprint density at radius 1 is 1.22 bits per heavy atom. The first-order chi connectivity index (χ1) is 8.58. The highest BCUT2D eigenvalue weighted by molar-refractivity contribution is 6.33. The fraction of sp³-hybridized carbons (Fsp3) is 0.600. The first kappa shape index (κ1) is 15.8. The minimum Gasteiger partial charge on any atom is -0.324 e. The molecule has 0 aromatic heterocycles. The van der Waals surface area contributed by atoms with Gasteiger partial charge in [-0.15, -0.1) is 0 Å². The third-order valence-electron chi connectivity index (χ3n) is 3.49. The second-order valence-electron chi connectivity index (χ2n) is 4.92. The van der Waals surface area contributed by atoms with Crippen molar-refractivity contribution in [2.45, 2.75) is 52.0 Å². The van der Waals surface area contributed by atoms with Gasteiger partial charge in [-0.1, -0.05) is 62.7 Å². The molecule has 0 amide bonds. The van der Waals surface area contributed by atoms with Crippen LogP contribution in [0.4, 0.5) is 0 Å². The molecule has 0 saturated heterocycles. The van der Waals surface area contributed by atoms with Gasteiger partial charge in [-0.3, -0.25) is 0 Å². The highest BCUT2D eigenvalue weighted by Gasteiger charge is 2.16. The predicted octanol–water partition coefficient (Wildman–Crippen LogP) is 5.60. The lowest BCUT2D eigenvalue weighted by Gasteiger charge is -2.20. The number of rotatable bonds is 7. The van der Waals surface area contributed by atoms with Gasteiger partial charge in [-0.25, -0.2) is 0 Å². The summed E-state index contributed by atoms with van der Waals surface area (Å²) in [7, 11) is 0. The standard InChI is InChI=1S/C15H23Cl2N/c1-3-5-6-11(4-2)9-15(18)13-10-12(16)7-8-14(13)17/h7-8,10-11,15H,3-6,9,18H2,1-2H3. The monoisotopic (exact) mass is 287 g/mol. The summed E-state index contributed by atoms with van der Waals surface area (Å²) in [6, 6.07) is 5.50. The van der Waals surface area contributed by atoms with Crippen LogP contribution >= 0.6 is 23.2 Å². The first-order valence-corrected chi connectivity index (χ1v) is 7.54. The lowest BCUT2D eigenvalue weighted by molar-refractivity contribution is 0.388. The highest BCUT2D eigenvalue weighted by atomic mass is 35.5. The molecule has 1 rings (SSSR count). The Hall–Kier alpha value is -0.240. The molecular formula is C15H23Cl2N. The molecule has 0 saturated carbocycles. The Kier molecular flexibility index (Phi) is 7.06. The second kappa shape index (κ2) is 8.04. The van der Waals surface area contributed by atoms with Gasteiger partial charge in [0.2, 0.25) is 0 Å². The molecule has 0 spiro atoms. The smallest absolute Gasteiger partial charge is 0.0454 e. The maximum absolute atomic E-state index is 6.27. The summed E-state index contributed by atoms with van der Waals surface area (Å²) < 4.78 is 0. The van der Waals surface area contributed by atoms with Gasteiger partial charge < -0.3 is 5.73 Å². The number of unbranched alkanes of at least 4 members (excludes halogenated alkanes) is 1. The Balaban J connectivity index is 2.67. The molecule has 0 aliphatic heterocycles. The molecule has 0 heterocycles. The van der Waals surface area contributed by atoms with Crippen LogP contribution < -0.4 is 5.73 Å². The third-order valence-corrected chi connectivity index (χ3v) is 4.07. The molecule has 3 heteroatoms. The summed E-state index contributed by atoms with van der Waals surface area (Å²) in [5.41, 5.74) is 7.24. The summed E-state index contributed by atoms with van der Waals surface area (Å²) in [6.45, 7) is 4.45. The van der Waals surface area contributed by atoms with Crippen molar-refractivity contribution in [1.82, 2.24) is 0 Å². The number of hydrogen-bond acceptors (Lipinski definition) is 1. The largest absolute Gasteiger partial charge is 0.324 e. The molecule has 1 nitrogen and oxygen atoms in total. The van der Waals surface area contributed by atoms with Crippen LogP contribution in [0.2, 0.25) is 10.0 Å². The fourth-order valence-electron chi connectivity index (χ4n) is 2.27. The van der Waals surface area contributed by atoms with Crippen LogP contribution in [0.5, 0.6) is 0 Å². The molecule has 102 valence electrons. The van der Waals surface area contributed by atoms with E-state index in [2.05, 4.69) is 13.8 Å². The van der Waals surface area contributed by atoms with Gasteiger partial charge in [0.05, 0.1) is 0 Å². The molecule has 0 bridgehead atoms. The summed E-state index contributed by atoms with van der Waals surface area (Å²) in [6.07, 6.45) is 5.92. The Bertz CT molecular complexity index is 366. The fourth-order valence-corrected chi connectivity index (χ4v) is 2.70. The SMILES string of the molecule is CCCCC(CC)CC(N)c1cc(Cl)ccc1Cl. The Morgan fingerprint density at radius 2 is 1.94 bits per heavy atom. The summed E-state index contributed by atoms with van der Waals surface area (Å²) in [5, 5.41) is 1.42. The maximum atomic E-state index is 6.27. The van der Waals surface area contributed by atoms with E-state index in [4.69, 9.17) is 28.9 Å². The lowest BCUT2D eigenvalue weighted by Crippen LogP contribution is -2.16. The molecule has 0 radical (unpaired) electrons. The van der Waals surface area contributed by atoms with E-state index in [0.29, 0.717) is 10.9 Å². The maximum Gasteiger partial charge on any atom is 0.0454 e. The zero-order valence-electron chi connectivity index (χ0n) is 11.3. The average molecular weight is 288 g/mol. The van der Waals surface area contributed by atoms with Gasteiger partial charge in [-0.05, 0) is 36.1 Å². The molecule has 18 heavy (non-hydrogen) atoms. The van der Waals surface area contributed by atoms with E-state index < -0.39 is 0 Å². The minimum atomic E-state index is -0.0157. The van der Waals surface area contributed by atoms with Crippen molar-refractivity contribution >= 4 is 23.2 Å². The topological polar surface area (TPSA) is 26.0 Å². The Labute approximate surface area is 121 Å². The van der Waals surface area contributed by atoms with Gasteiger partial charge in [0.15, 0.2) is 0 Å². The second-order valence-corrected chi connectivity index (χ2v) is 5.77. The molecular weight excluding hydrogens is 265 g/mol. The minimum absolute atomic E-state index is 0.0157. The van der Waals surface area contributed by atoms with E-state index in [1.54, 1.807) is 6.07 Å². The van der Waals surface area contributed by atoms with Crippen molar-refractivity contribution in [1.29, 1.82) is 0 Å². The van der Waals surface area contributed by atoms with Gasteiger partial charge in [0.1, 0.15) is 0 Å². The van der Waals surface area contributed by atoms with Crippen molar-refractivity contribution in [3.63, 3.8) is 0 Å².